The predicted octanol–water partition coefficient (Wildman–Crippen LogP) is 3.22. The van der Waals surface area contributed by atoms with Gasteiger partial charge in [0.15, 0.2) is 0 Å². The van der Waals surface area contributed by atoms with Gasteiger partial charge in [0.25, 0.3) is 0 Å². The van der Waals surface area contributed by atoms with E-state index in [0.717, 1.165) is 24.1 Å². The van der Waals surface area contributed by atoms with Crippen LogP contribution in [0.4, 0.5) is 0 Å². The summed E-state index contributed by atoms with van der Waals surface area (Å²) in [6, 6.07) is 11.5. The van der Waals surface area contributed by atoms with Crippen molar-refractivity contribution in [3.8, 4) is 5.75 Å². The second kappa shape index (κ2) is 5.81. The molecule has 1 saturated carbocycles. The number of nitrogens with zero attached hydrogens (tertiary/aromatic N) is 1. The van der Waals surface area contributed by atoms with Gasteiger partial charge in [0.2, 0.25) is 14.8 Å². The normalized spacial score (nSPS) is 21.4. The summed E-state index contributed by atoms with van der Waals surface area (Å²) in [7, 11) is -3.47. The molecule has 4 rings (SSSR count). The lowest BCUT2D eigenvalue weighted by molar-refractivity contribution is 0.204. The fourth-order valence-corrected chi connectivity index (χ4v) is 4.70. The van der Waals surface area contributed by atoms with Crippen LogP contribution in [0.15, 0.2) is 47.5 Å². The smallest absolute Gasteiger partial charge is 0.222 e. The molecule has 1 aromatic heterocycles. The Morgan fingerprint density at radius 2 is 2.08 bits per heavy atom. The van der Waals surface area contributed by atoms with Crippen molar-refractivity contribution >= 4 is 9.84 Å². The van der Waals surface area contributed by atoms with Crippen molar-refractivity contribution in [3.63, 3.8) is 0 Å². The van der Waals surface area contributed by atoms with Gasteiger partial charge in [-0.15, -0.1) is 0 Å². The molecule has 0 bridgehead atoms. The molecule has 0 radical (unpaired) electrons. The zero-order valence-corrected chi connectivity index (χ0v) is 15.2. The maximum atomic E-state index is 12.7. The van der Waals surface area contributed by atoms with Gasteiger partial charge in [0.05, 0.1) is 5.69 Å². The van der Waals surface area contributed by atoms with Crippen LogP contribution in [-0.4, -0.2) is 18.3 Å². The quantitative estimate of drug-likeness (QED) is 0.889. The molecule has 1 N–H and O–H groups in total. The summed E-state index contributed by atoms with van der Waals surface area (Å²) < 4.78 is 31.0. The van der Waals surface area contributed by atoms with E-state index in [2.05, 4.69) is 10.3 Å². The number of pyridine rings is 1. The minimum Gasteiger partial charge on any atom is -0.470 e. The van der Waals surface area contributed by atoms with Crippen molar-refractivity contribution in [2.75, 3.05) is 0 Å². The average molecular weight is 358 g/mol. The van der Waals surface area contributed by atoms with E-state index in [1.807, 2.05) is 24.3 Å². The number of sulfone groups is 1. The van der Waals surface area contributed by atoms with Crippen molar-refractivity contribution in [1.29, 1.82) is 0 Å². The summed E-state index contributed by atoms with van der Waals surface area (Å²) in [6.45, 7) is 3.85. The summed E-state index contributed by atoms with van der Waals surface area (Å²) >= 11 is 0. The van der Waals surface area contributed by atoms with Crippen molar-refractivity contribution in [2.45, 2.75) is 49.1 Å². The van der Waals surface area contributed by atoms with E-state index in [1.165, 1.54) is 0 Å². The lowest BCUT2D eigenvalue weighted by Crippen LogP contribution is -2.32. The van der Waals surface area contributed by atoms with Crippen molar-refractivity contribution in [2.24, 2.45) is 5.92 Å². The minimum atomic E-state index is -3.47. The molecule has 1 aliphatic carbocycles. The number of hydrogen-bond acceptors (Lipinski definition) is 5. The maximum absolute atomic E-state index is 12.7. The number of hydrogen-bond donors (Lipinski definition) is 1. The first-order chi connectivity index (χ1) is 11.9. The highest BCUT2D eigenvalue weighted by molar-refractivity contribution is 7.93. The summed E-state index contributed by atoms with van der Waals surface area (Å²) in [6.07, 6.45) is 4.10. The van der Waals surface area contributed by atoms with Gasteiger partial charge in [-0.25, -0.2) is 8.42 Å². The molecule has 2 aromatic rings. The zero-order chi connectivity index (χ0) is 17.7. The van der Waals surface area contributed by atoms with E-state index in [1.54, 1.807) is 32.2 Å². The molecule has 1 aromatic carbocycles. The Morgan fingerprint density at radius 1 is 1.28 bits per heavy atom. The second-order valence-corrected chi connectivity index (χ2v) is 9.66. The highest BCUT2D eigenvalue weighted by Gasteiger charge is 2.46. The monoisotopic (exact) mass is 358 g/mol. The largest absolute Gasteiger partial charge is 0.470 e. The van der Waals surface area contributed by atoms with E-state index in [4.69, 9.17) is 4.74 Å². The Balaban J connectivity index is 1.62. The molecule has 2 heterocycles. The molecule has 132 valence electrons. The summed E-state index contributed by atoms with van der Waals surface area (Å²) in [5.41, 5.74) is 1.98. The van der Waals surface area contributed by atoms with Gasteiger partial charge >= 0.3 is 0 Å². The fourth-order valence-electron chi connectivity index (χ4n) is 3.30. The fraction of sp³-hybridized carbons (Fsp3) is 0.421. The predicted molar refractivity (Wildman–Crippen MR) is 94.9 cm³/mol. The Kier molecular flexibility index (Phi) is 3.85. The van der Waals surface area contributed by atoms with Crippen LogP contribution >= 0.6 is 0 Å². The average Bonchev–Trinajstić information content (AvgIpc) is 3.38. The Hall–Kier alpha value is -1.92. The number of ether oxygens (including phenoxy) is 1. The molecule has 1 fully saturated rings. The second-order valence-electron chi connectivity index (χ2n) is 7.23. The van der Waals surface area contributed by atoms with Crippen LogP contribution in [0.3, 0.4) is 0 Å². The van der Waals surface area contributed by atoms with Gasteiger partial charge < -0.3 is 10.1 Å². The van der Waals surface area contributed by atoms with Crippen molar-refractivity contribution in [1.82, 2.24) is 10.3 Å². The molecule has 0 amide bonds. The Labute approximate surface area is 148 Å². The minimum absolute atomic E-state index is 0.131. The molecular formula is C19H22N2O3S. The first-order valence-corrected chi connectivity index (χ1v) is 10.1. The number of fused-ring (bicyclic) bond motifs is 1. The van der Waals surface area contributed by atoms with Crippen LogP contribution in [0.5, 0.6) is 5.75 Å². The number of benzene rings is 1. The van der Waals surface area contributed by atoms with Gasteiger partial charge in [-0.2, -0.15) is 0 Å². The topological polar surface area (TPSA) is 68.3 Å². The van der Waals surface area contributed by atoms with Crippen LogP contribution in [0.1, 0.15) is 44.0 Å². The number of aromatic nitrogens is 1. The zero-order valence-electron chi connectivity index (χ0n) is 14.4. The van der Waals surface area contributed by atoms with E-state index in [0.29, 0.717) is 23.1 Å². The molecule has 1 aliphatic heterocycles. The van der Waals surface area contributed by atoms with E-state index in [9.17, 15) is 8.42 Å². The van der Waals surface area contributed by atoms with Gasteiger partial charge in [0.1, 0.15) is 10.6 Å². The molecule has 5 nitrogen and oxygen atoms in total. The Bertz CT molecular complexity index is 890. The summed E-state index contributed by atoms with van der Waals surface area (Å²) in [4.78, 5) is 3.45. The lowest BCUT2D eigenvalue weighted by atomic mass is 10.0. The van der Waals surface area contributed by atoms with Gasteiger partial charge in [-0.3, -0.25) is 4.98 Å². The van der Waals surface area contributed by atoms with Crippen LogP contribution in [0, 0.1) is 5.92 Å². The molecule has 25 heavy (non-hydrogen) atoms. The van der Waals surface area contributed by atoms with Crippen molar-refractivity contribution < 1.29 is 13.2 Å². The van der Waals surface area contributed by atoms with Gasteiger partial charge in [-0.05, 0) is 62.4 Å². The third-order valence-corrected chi connectivity index (χ3v) is 7.22. The molecule has 1 unspecified atom stereocenters. The highest BCUT2D eigenvalue weighted by Crippen LogP contribution is 2.46. The van der Waals surface area contributed by atoms with Crippen LogP contribution in [-0.2, 0) is 16.4 Å². The SMILES string of the molecule is CC1(C)Oc2ccc(C(NCc3ccccn3)C3CC3)cc2S1(=O)=O. The van der Waals surface area contributed by atoms with Crippen LogP contribution < -0.4 is 10.1 Å². The number of nitrogens with one attached hydrogen (secondary N) is 1. The highest BCUT2D eigenvalue weighted by atomic mass is 32.2. The Morgan fingerprint density at radius 3 is 2.76 bits per heavy atom. The lowest BCUT2D eigenvalue weighted by Gasteiger charge is -2.19. The van der Waals surface area contributed by atoms with Crippen molar-refractivity contribution in [3.05, 3.63) is 53.9 Å². The number of rotatable bonds is 5. The maximum Gasteiger partial charge on any atom is 0.222 e. The van der Waals surface area contributed by atoms with Crippen LogP contribution in [0.25, 0.3) is 0 Å². The first kappa shape index (κ1) is 16.5. The summed E-state index contributed by atoms with van der Waals surface area (Å²) in [5, 5.41) is 3.56. The molecule has 2 aliphatic rings. The third kappa shape index (κ3) is 2.93. The molecule has 6 heteroatoms. The molecular weight excluding hydrogens is 336 g/mol. The first-order valence-electron chi connectivity index (χ1n) is 8.59. The molecule has 0 saturated heterocycles. The molecule has 0 spiro atoms. The third-order valence-electron chi connectivity index (χ3n) is 4.94. The van der Waals surface area contributed by atoms with E-state index in [-0.39, 0.29) is 6.04 Å². The van der Waals surface area contributed by atoms with E-state index >= 15 is 0 Å². The summed E-state index contributed by atoms with van der Waals surface area (Å²) in [5.74, 6) is 0.993. The standard InChI is InChI=1S/C19H22N2O3S/c1-19(2)24-16-9-8-14(11-17(16)25(19,22)23)18(13-6-7-13)21-12-15-5-3-4-10-20-15/h3-5,8-11,13,18,21H,6-7,12H2,1-2H3. The van der Waals surface area contributed by atoms with Crippen LogP contribution in [0.2, 0.25) is 0 Å². The van der Waals surface area contributed by atoms with Gasteiger partial charge in [0, 0.05) is 18.8 Å². The van der Waals surface area contributed by atoms with E-state index < -0.39 is 14.8 Å². The van der Waals surface area contributed by atoms with Gasteiger partial charge in [-0.1, -0.05) is 12.1 Å². The molecule has 1 atom stereocenters.